The van der Waals surface area contributed by atoms with E-state index in [1.807, 2.05) is 6.07 Å². The lowest BCUT2D eigenvalue weighted by atomic mass is 10.0. The fourth-order valence-corrected chi connectivity index (χ4v) is 4.00. The van der Waals surface area contributed by atoms with E-state index >= 15 is 0 Å². The Labute approximate surface area is 169 Å². The second kappa shape index (κ2) is 9.03. The van der Waals surface area contributed by atoms with Gasteiger partial charge in [-0.05, 0) is 37.6 Å². The van der Waals surface area contributed by atoms with Gasteiger partial charge < -0.3 is 15.0 Å². The lowest BCUT2D eigenvalue weighted by Gasteiger charge is -2.34. The van der Waals surface area contributed by atoms with Crippen LogP contribution in [0.5, 0.6) is 0 Å². The minimum Gasteiger partial charge on any atom is -0.378 e. The third-order valence-corrected chi connectivity index (χ3v) is 5.59. The van der Waals surface area contributed by atoms with E-state index in [2.05, 4.69) is 25.1 Å². The molecule has 150 valence electrons. The zero-order valence-corrected chi connectivity index (χ0v) is 16.5. The maximum Gasteiger partial charge on any atom is 0.227 e. The number of hydrogen-bond acceptors (Lipinski definition) is 6. The molecule has 4 rings (SSSR count). The molecule has 1 N–H and O–H groups in total. The maximum absolute atomic E-state index is 14.1. The van der Waals surface area contributed by atoms with Crippen molar-refractivity contribution in [3.8, 4) is 0 Å². The fraction of sp³-hybridized carbons (Fsp3) is 0.500. The molecule has 2 fully saturated rings. The Morgan fingerprint density at radius 1 is 1.21 bits per heavy atom. The van der Waals surface area contributed by atoms with E-state index < -0.39 is 0 Å². The molecule has 0 spiro atoms. The van der Waals surface area contributed by atoms with Gasteiger partial charge in [-0.1, -0.05) is 17.7 Å². The molecular weight excluding hydrogens is 381 g/mol. The molecule has 3 heterocycles. The van der Waals surface area contributed by atoms with Crippen molar-refractivity contribution >= 4 is 23.4 Å². The Kier molecular flexibility index (Phi) is 6.24. The predicted octanol–water partition coefficient (Wildman–Crippen LogP) is 3.18. The number of nitrogens with zero attached hydrogens (tertiary/aromatic N) is 4. The minimum absolute atomic E-state index is 0.242. The van der Waals surface area contributed by atoms with Crippen LogP contribution in [-0.4, -0.2) is 60.3 Å². The topological polar surface area (TPSA) is 53.5 Å². The van der Waals surface area contributed by atoms with E-state index in [-0.39, 0.29) is 11.9 Å². The summed E-state index contributed by atoms with van der Waals surface area (Å²) in [6.07, 6.45) is 3.89. The molecule has 2 saturated heterocycles. The van der Waals surface area contributed by atoms with Gasteiger partial charge in [-0.3, -0.25) is 4.90 Å². The predicted molar refractivity (Wildman–Crippen MR) is 108 cm³/mol. The first-order chi connectivity index (χ1) is 13.7. The largest absolute Gasteiger partial charge is 0.378 e. The highest BCUT2D eigenvalue weighted by molar-refractivity contribution is 6.31. The summed E-state index contributed by atoms with van der Waals surface area (Å²) in [4.78, 5) is 13.5. The van der Waals surface area contributed by atoms with E-state index in [0.29, 0.717) is 30.3 Å². The van der Waals surface area contributed by atoms with Gasteiger partial charge in [-0.2, -0.15) is 4.98 Å². The summed E-state index contributed by atoms with van der Waals surface area (Å²) in [5.41, 5.74) is 0.571. The van der Waals surface area contributed by atoms with Crippen LogP contribution in [0.2, 0.25) is 5.02 Å². The second-order valence-electron chi connectivity index (χ2n) is 7.26. The van der Waals surface area contributed by atoms with Crippen molar-refractivity contribution < 1.29 is 9.13 Å². The number of piperidine rings is 1. The summed E-state index contributed by atoms with van der Waals surface area (Å²) in [7, 11) is 0. The van der Waals surface area contributed by atoms with Crippen molar-refractivity contribution in [1.29, 1.82) is 0 Å². The Morgan fingerprint density at radius 3 is 2.89 bits per heavy atom. The molecule has 0 radical (unpaired) electrons. The third-order valence-electron chi connectivity index (χ3n) is 5.24. The molecule has 8 heteroatoms. The van der Waals surface area contributed by atoms with Crippen LogP contribution in [0.25, 0.3) is 0 Å². The number of halogens is 2. The van der Waals surface area contributed by atoms with Crippen LogP contribution in [0, 0.1) is 5.82 Å². The molecule has 0 saturated carbocycles. The summed E-state index contributed by atoms with van der Waals surface area (Å²) in [5.74, 6) is 1.32. The Bertz CT molecular complexity index is 782. The molecule has 1 aromatic carbocycles. The fourth-order valence-electron chi connectivity index (χ4n) is 3.78. The highest BCUT2D eigenvalue weighted by Gasteiger charge is 2.22. The lowest BCUT2D eigenvalue weighted by Crippen LogP contribution is -2.42. The standard InChI is InChI=1S/C20H25ClFN5O/c21-17-4-1-5-18(22)16(17)14-26-8-2-3-15(13-26)24-19-6-7-23-20(25-19)27-9-11-28-12-10-27/h1,4-7,15H,2-3,8-14H2,(H,23,24,25). The van der Waals surface area contributed by atoms with E-state index in [0.717, 1.165) is 50.8 Å². The van der Waals surface area contributed by atoms with E-state index in [4.69, 9.17) is 16.3 Å². The molecule has 1 aromatic heterocycles. The van der Waals surface area contributed by atoms with Crippen molar-refractivity contribution in [1.82, 2.24) is 14.9 Å². The average molecular weight is 406 g/mol. The van der Waals surface area contributed by atoms with Crippen LogP contribution >= 0.6 is 11.6 Å². The van der Waals surface area contributed by atoms with Gasteiger partial charge in [-0.15, -0.1) is 0 Å². The molecular formula is C20H25ClFN5O. The molecule has 2 aromatic rings. The van der Waals surface area contributed by atoms with Gasteiger partial charge in [0.15, 0.2) is 0 Å². The highest BCUT2D eigenvalue weighted by Crippen LogP contribution is 2.23. The summed E-state index contributed by atoms with van der Waals surface area (Å²) < 4.78 is 19.5. The van der Waals surface area contributed by atoms with E-state index in [1.165, 1.54) is 6.07 Å². The third kappa shape index (κ3) is 4.71. The Balaban J connectivity index is 1.39. The van der Waals surface area contributed by atoms with Crippen LogP contribution in [-0.2, 0) is 11.3 Å². The SMILES string of the molecule is Fc1cccc(Cl)c1CN1CCCC(Nc2ccnc(N3CCOCC3)n2)C1. The number of rotatable bonds is 5. The quantitative estimate of drug-likeness (QED) is 0.824. The number of aromatic nitrogens is 2. The van der Waals surface area contributed by atoms with Gasteiger partial charge in [0, 0.05) is 49.0 Å². The zero-order chi connectivity index (χ0) is 19.3. The zero-order valence-electron chi connectivity index (χ0n) is 15.8. The van der Waals surface area contributed by atoms with E-state index in [9.17, 15) is 4.39 Å². The van der Waals surface area contributed by atoms with Gasteiger partial charge in [0.25, 0.3) is 0 Å². The number of likely N-dealkylation sites (tertiary alicyclic amines) is 1. The summed E-state index contributed by atoms with van der Waals surface area (Å²) >= 11 is 6.19. The molecule has 2 aliphatic rings. The van der Waals surface area contributed by atoms with Crippen LogP contribution in [0.15, 0.2) is 30.5 Å². The highest BCUT2D eigenvalue weighted by atomic mass is 35.5. The first kappa shape index (κ1) is 19.4. The number of morpholine rings is 1. The molecule has 1 atom stereocenters. The molecule has 0 aliphatic carbocycles. The molecule has 2 aliphatic heterocycles. The van der Waals surface area contributed by atoms with Crippen LogP contribution in [0.3, 0.4) is 0 Å². The first-order valence-electron chi connectivity index (χ1n) is 9.76. The number of nitrogens with one attached hydrogen (secondary N) is 1. The maximum atomic E-state index is 14.1. The van der Waals surface area contributed by atoms with Gasteiger partial charge in [0.05, 0.1) is 13.2 Å². The van der Waals surface area contributed by atoms with Gasteiger partial charge in [-0.25, -0.2) is 9.37 Å². The van der Waals surface area contributed by atoms with Crippen molar-refractivity contribution in [2.24, 2.45) is 0 Å². The Hall–Kier alpha value is -1.96. The van der Waals surface area contributed by atoms with E-state index in [1.54, 1.807) is 18.3 Å². The van der Waals surface area contributed by atoms with Gasteiger partial charge >= 0.3 is 0 Å². The van der Waals surface area contributed by atoms with Crippen molar-refractivity contribution in [2.45, 2.75) is 25.4 Å². The first-order valence-corrected chi connectivity index (χ1v) is 10.1. The average Bonchev–Trinajstić information content (AvgIpc) is 2.72. The van der Waals surface area contributed by atoms with Crippen molar-refractivity contribution in [2.75, 3.05) is 49.6 Å². The minimum atomic E-state index is -0.242. The number of benzene rings is 1. The summed E-state index contributed by atoms with van der Waals surface area (Å²) in [5, 5.41) is 4.01. The molecule has 1 unspecified atom stereocenters. The monoisotopic (exact) mass is 405 g/mol. The van der Waals surface area contributed by atoms with Crippen LogP contribution in [0.4, 0.5) is 16.2 Å². The molecule has 0 amide bonds. The lowest BCUT2D eigenvalue weighted by molar-refractivity contribution is 0.122. The number of hydrogen-bond donors (Lipinski definition) is 1. The van der Waals surface area contributed by atoms with Gasteiger partial charge in [0.1, 0.15) is 11.6 Å². The van der Waals surface area contributed by atoms with Crippen molar-refractivity contribution in [3.63, 3.8) is 0 Å². The summed E-state index contributed by atoms with van der Waals surface area (Å²) in [6.45, 7) is 5.31. The normalized spacial score (nSPS) is 20.9. The molecule has 28 heavy (non-hydrogen) atoms. The van der Waals surface area contributed by atoms with Crippen LogP contribution < -0.4 is 10.2 Å². The summed E-state index contributed by atoms with van der Waals surface area (Å²) in [6, 6.07) is 7.01. The second-order valence-corrected chi connectivity index (χ2v) is 7.67. The van der Waals surface area contributed by atoms with Crippen molar-refractivity contribution in [3.05, 3.63) is 46.9 Å². The number of ether oxygens (including phenoxy) is 1. The smallest absolute Gasteiger partial charge is 0.227 e. The molecule has 6 nitrogen and oxygen atoms in total. The van der Waals surface area contributed by atoms with Crippen LogP contribution in [0.1, 0.15) is 18.4 Å². The Morgan fingerprint density at radius 2 is 2.07 bits per heavy atom. The number of anilines is 2. The molecule has 0 bridgehead atoms. The van der Waals surface area contributed by atoms with Gasteiger partial charge in [0.2, 0.25) is 5.95 Å².